The topological polar surface area (TPSA) is 124 Å². The number of methoxy groups -OCH3 is 1. The van der Waals surface area contributed by atoms with Gasteiger partial charge in [0.25, 0.3) is 0 Å². The SMILES string of the molecule is COc1ccc2c(c1)C(C)CN(CC[C@H](Cc1ccc(O)cc1)NC(=O)O[C@H]1CO[C@H]3OCC[C@H]31)S2(=O)=O. The minimum Gasteiger partial charge on any atom is -0.508 e. The van der Waals surface area contributed by atoms with Gasteiger partial charge in [-0.3, -0.25) is 0 Å². The van der Waals surface area contributed by atoms with Crippen molar-refractivity contribution in [3.05, 3.63) is 53.6 Å². The average Bonchev–Trinajstić information content (AvgIpc) is 3.51. The molecule has 2 saturated heterocycles. The van der Waals surface area contributed by atoms with E-state index < -0.39 is 22.2 Å². The molecule has 1 unspecified atom stereocenters. The van der Waals surface area contributed by atoms with Crippen molar-refractivity contribution in [3.63, 3.8) is 0 Å². The van der Waals surface area contributed by atoms with Gasteiger partial charge in [0.1, 0.15) is 17.6 Å². The van der Waals surface area contributed by atoms with Crippen molar-refractivity contribution in [3.8, 4) is 11.5 Å². The van der Waals surface area contributed by atoms with Crippen molar-refractivity contribution in [2.24, 2.45) is 5.92 Å². The second-order valence-electron chi connectivity index (χ2n) is 10.1. The van der Waals surface area contributed by atoms with Crippen molar-refractivity contribution in [2.75, 3.05) is 33.4 Å². The largest absolute Gasteiger partial charge is 0.508 e. The summed E-state index contributed by atoms with van der Waals surface area (Å²) >= 11 is 0. The lowest BCUT2D eigenvalue weighted by molar-refractivity contribution is -0.0907. The minimum absolute atomic E-state index is 0.0129. The number of hydrogen-bond acceptors (Lipinski definition) is 8. The third-order valence-electron chi connectivity index (χ3n) is 7.55. The maximum Gasteiger partial charge on any atom is 0.407 e. The zero-order chi connectivity index (χ0) is 26.9. The van der Waals surface area contributed by atoms with Crippen LogP contribution in [0.25, 0.3) is 0 Å². The molecule has 2 aromatic carbocycles. The Kier molecular flexibility index (Phi) is 7.80. The lowest BCUT2D eigenvalue weighted by atomic mass is 10.00. The summed E-state index contributed by atoms with van der Waals surface area (Å²) < 4.78 is 50.4. The molecular formula is C27H34N2O8S. The highest BCUT2D eigenvalue weighted by Gasteiger charge is 2.44. The summed E-state index contributed by atoms with van der Waals surface area (Å²) in [4.78, 5) is 13.2. The number of phenols is 1. The monoisotopic (exact) mass is 546 g/mol. The van der Waals surface area contributed by atoms with Gasteiger partial charge in [-0.1, -0.05) is 19.1 Å². The van der Waals surface area contributed by atoms with Crippen LogP contribution in [0.3, 0.4) is 0 Å². The van der Waals surface area contributed by atoms with Gasteiger partial charge in [-0.25, -0.2) is 13.2 Å². The van der Waals surface area contributed by atoms with E-state index in [1.807, 2.05) is 6.92 Å². The van der Waals surface area contributed by atoms with Crippen LogP contribution in [0, 0.1) is 5.92 Å². The molecule has 3 aliphatic rings. The van der Waals surface area contributed by atoms with Gasteiger partial charge in [0.05, 0.1) is 31.1 Å². The summed E-state index contributed by atoms with van der Waals surface area (Å²) in [6.45, 7) is 3.43. The molecule has 0 bridgehead atoms. The van der Waals surface area contributed by atoms with E-state index in [1.165, 1.54) is 4.31 Å². The van der Waals surface area contributed by atoms with Gasteiger partial charge in [-0.2, -0.15) is 4.31 Å². The highest BCUT2D eigenvalue weighted by molar-refractivity contribution is 7.89. The Balaban J connectivity index is 1.28. The van der Waals surface area contributed by atoms with Crippen LogP contribution in [-0.4, -0.2) is 75.8 Å². The van der Waals surface area contributed by atoms with Gasteiger partial charge in [0.15, 0.2) is 6.29 Å². The number of hydrogen-bond donors (Lipinski definition) is 2. The van der Waals surface area contributed by atoms with E-state index in [4.69, 9.17) is 18.9 Å². The average molecular weight is 547 g/mol. The van der Waals surface area contributed by atoms with Crippen LogP contribution in [0.15, 0.2) is 47.4 Å². The van der Waals surface area contributed by atoms with E-state index >= 15 is 0 Å². The number of sulfonamides is 1. The number of carbonyl (C=O) groups is 1. The zero-order valence-corrected chi connectivity index (χ0v) is 22.4. The molecule has 38 heavy (non-hydrogen) atoms. The van der Waals surface area contributed by atoms with Gasteiger partial charge in [0.2, 0.25) is 10.0 Å². The van der Waals surface area contributed by atoms with Gasteiger partial charge in [-0.05, 0) is 66.6 Å². The quantitative estimate of drug-likeness (QED) is 0.518. The Morgan fingerprint density at radius 3 is 2.76 bits per heavy atom. The summed E-state index contributed by atoms with van der Waals surface area (Å²) in [6, 6.07) is 11.4. The number of nitrogens with one attached hydrogen (secondary N) is 1. The van der Waals surface area contributed by atoms with Crippen LogP contribution in [0.5, 0.6) is 11.5 Å². The van der Waals surface area contributed by atoms with Crippen molar-refractivity contribution in [2.45, 2.75) is 55.4 Å². The predicted octanol–water partition coefficient (Wildman–Crippen LogP) is 3.00. The lowest BCUT2D eigenvalue weighted by Gasteiger charge is -2.33. The first kappa shape index (κ1) is 26.7. The number of carbonyl (C=O) groups excluding carboxylic acids is 1. The number of benzene rings is 2. The molecule has 0 aromatic heterocycles. The summed E-state index contributed by atoms with van der Waals surface area (Å²) in [5, 5.41) is 12.6. The normalized spacial score (nSPS) is 26.8. The number of amides is 1. The lowest BCUT2D eigenvalue weighted by Crippen LogP contribution is -2.44. The van der Waals surface area contributed by atoms with Crippen LogP contribution in [0.2, 0.25) is 0 Å². The highest BCUT2D eigenvalue weighted by Crippen LogP contribution is 2.36. The summed E-state index contributed by atoms with van der Waals surface area (Å²) in [5.41, 5.74) is 1.64. The second kappa shape index (κ2) is 11.1. The number of ether oxygens (including phenoxy) is 4. The van der Waals surface area contributed by atoms with Crippen LogP contribution >= 0.6 is 0 Å². The first-order chi connectivity index (χ1) is 18.2. The van der Waals surface area contributed by atoms with Crippen molar-refractivity contribution >= 4 is 16.1 Å². The summed E-state index contributed by atoms with van der Waals surface area (Å²) in [6.07, 6.45) is 0.329. The van der Waals surface area contributed by atoms with Crippen LogP contribution in [0.1, 0.15) is 36.8 Å². The molecule has 5 atom stereocenters. The first-order valence-corrected chi connectivity index (χ1v) is 14.3. The van der Waals surface area contributed by atoms with Gasteiger partial charge < -0.3 is 29.4 Å². The standard InChI is InChI=1S/C27H34N2O8S/c1-17-15-29(38(32,33)25-8-7-21(34-2)14-23(17)25)11-9-19(13-18-3-5-20(30)6-4-18)28-27(31)37-24-16-36-26-22(24)10-12-35-26/h3-8,14,17,19,22,24,26,30H,9-13,15-16H2,1-2H3,(H,28,31)/t17?,19-,22+,24+,26-/m1/s1. The third-order valence-corrected chi connectivity index (χ3v) is 9.49. The van der Waals surface area contributed by atoms with E-state index in [2.05, 4.69) is 5.32 Å². The van der Waals surface area contributed by atoms with E-state index in [9.17, 15) is 18.3 Å². The summed E-state index contributed by atoms with van der Waals surface area (Å²) in [7, 11) is -2.14. The number of fused-ring (bicyclic) bond motifs is 2. The van der Waals surface area contributed by atoms with E-state index in [0.717, 1.165) is 17.5 Å². The molecule has 0 radical (unpaired) electrons. The highest BCUT2D eigenvalue weighted by atomic mass is 32.2. The fraction of sp³-hybridized carbons (Fsp3) is 0.519. The molecule has 0 aliphatic carbocycles. The van der Waals surface area contributed by atoms with Crippen LogP contribution in [0.4, 0.5) is 4.79 Å². The molecule has 10 nitrogen and oxygen atoms in total. The van der Waals surface area contributed by atoms with E-state index in [-0.39, 0.29) is 41.4 Å². The molecule has 11 heteroatoms. The number of phenolic OH excluding ortho intramolecular Hbond substituents is 1. The smallest absolute Gasteiger partial charge is 0.407 e. The van der Waals surface area contributed by atoms with Gasteiger partial charge in [0, 0.05) is 19.1 Å². The molecule has 2 fully saturated rings. The molecule has 5 rings (SSSR count). The maximum atomic E-state index is 13.4. The van der Waals surface area contributed by atoms with E-state index in [0.29, 0.717) is 38.3 Å². The molecule has 3 aliphatic heterocycles. The summed E-state index contributed by atoms with van der Waals surface area (Å²) in [5.74, 6) is 0.783. The first-order valence-electron chi connectivity index (χ1n) is 12.9. The maximum absolute atomic E-state index is 13.4. The second-order valence-corrected chi connectivity index (χ2v) is 12.0. The van der Waals surface area contributed by atoms with Gasteiger partial charge in [-0.15, -0.1) is 0 Å². The number of alkyl carbamates (subject to hydrolysis) is 1. The Morgan fingerprint density at radius 1 is 1.21 bits per heavy atom. The van der Waals surface area contributed by atoms with Crippen molar-refractivity contribution in [1.82, 2.24) is 9.62 Å². The number of rotatable bonds is 8. The molecule has 1 amide bonds. The molecule has 3 heterocycles. The Labute approximate surface area is 222 Å². The molecule has 2 aromatic rings. The Hall–Kier alpha value is -2.86. The van der Waals surface area contributed by atoms with Crippen LogP contribution in [-0.2, 0) is 30.7 Å². The van der Waals surface area contributed by atoms with E-state index in [1.54, 1.807) is 49.6 Å². The Morgan fingerprint density at radius 2 is 2.00 bits per heavy atom. The third kappa shape index (κ3) is 5.61. The van der Waals surface area contributed by atoms with Crippen molar-refractivity contribution < 1.29 is 37.3 Å². The molecule has 206 valence electrons. The zero-order valence-electron chi connectivity index (χ0n) is 21.5. The molecule has 0 saturated carbocycles. The molecule has 0 spiro atoms. The number of aromatic hydroxyl groups is 1. The minimum atomic E-state index is -3.70. The Bertz CT molecular complexity index is 1250. The number of nitrogens with zero attached hydrogens (tertiary/aromatic N) is 1. The molecule has 2 N–H and O–H groups in total. The predicted molar refractivity (Wildman–Crippen MR) is 138 cm³/mol. The molecular weight excluding hydrogens is 512 g/mol. The van der Waals surface area contributed by atoms with Crippen molar-refractivity contribution in [1.29, 1.82) is 0 Å². The fourth-order valence-corrected chi connectivity index (χ4v) is 7.30. The fourth-order valence-electron chi connectivity index (χ4n) is 5.45. The van der Waals surface area contributed by atoms with Crippen LogP contribution < -0.4 is 10.1 Å². The van der Waals surface area contributed by atoms with Gasteiger partial charge >= 0.3 is 6.09 Å².